The summed E-state index contributed by atoms with van der Waals surface area (Å²) < 4.78 is 15.6. The van der Waals surface area contributed by atoms with E-state index in [-0.39, 0.29) is 0 Å². The van der Waals surface area contributed by atoms with Crippen LogP contribution in [0, 0.1) is 6.92 Å². The summed E-state index contributed by atoms with van der Waals surface area (Å²) >= 11 is 0. The van der Waals surface area contributed by atoms with Crippen LogP contribution in [0.15, 0.2) is 51.5 Å². The van der Waals surface area contributed by atoms with Crippen LogP contribution in [-0.4, -0.2) is 11.0 Å². The van der Waals surface area contributed by atoms with Crippen LogP contribution in [0.5, 0.6) is 5.75 Å². The molecule has 0 unspecified atom stereocenters. The van der Waals surface area contributed by atoms with Crippen LogP contribution in [-0.2, 0) is 4.79 Å². The lowest BCUT2D eigenvalue weighted by Gasteiger charge is -1.99. The number of nitrogens with zero attached hydrogens (tertiary/aromatic N) is 1. The third-order valence-corrected chi connectivity index (χ3v) is 2.61. The number of rotatable bonds is 3. The van der Waals surface area contributed by atoms with Crippen molar-refractivity contribution in [2.45, 2.75) is 6.92 Å². The molecule has 5 nitrogen and oxygen atoms in total. The first-order valence-electron chi connectivity index (χ1n) is 6.01. The molecule has 5 heteroatoms. The Kier molecular flexibility index (Phi) is 3.09. The zero-order valence-corrected chi connectivity index (χ0v) is 10.7. The Morgan fingerprint density at radius 2 is 2.25 bits per heavy atom. The van der Waals surface area contributed by atoms with Crippen LogP contribution < -0.4 is 4.74 Å². The molecular formula is C15H11NO4. The zero-order chi connectivity index (χ0) is 13.9. The van der Waals surface area contributed by atoms with Gasteiger partial charge in [0.1, 0.15) is 17.0 Å². The van der Waals surface area contributed by atoms with Crippen LogP contribution in [0.25, 0.3) is 17.2 Å². The van der Waals surface area contributed by atoms with E-state index in [1.165, 1.54) is 12.3 Å². The number of benzene rings is 1. The second-order valence-corrected chi connectivity index (χ2v) is 4.13. The monoisotopic (exact) mass is 269 g/mol. The van der Waals surface area contributed by atoms with Crippen molar-refractivity contribution in [2.24, 2.45) is 0 Å². The summed E-state index contributed by atoms with van der Waals surface area (Å²) in [7, 11) is 0. The van der Waals surface area contributed by atoms with Gasteiger partial charge in [0, 0.05) is 19.1 Å². The van der Waals surface area contributed by atoms with Crippen LogP contribution in [0.3, 0.4) is 0 Å². The molecule has 0 aliphatic rings. The lowest BCUT2D eigenvalue weighted by molar-refractivity contribution is -0.128. The van der Waals surface area contributed by atoms with Gasteiger partial charge in [-0.05, 0) is 30.3 Å². The third-order valence-electron chi connectivity index (χ3n) is 2.61. The van der Waals surface area contributed by atoms with E-state index in [0.717, 1.165) is 0 Å². The van der Waals surface area contributed by atoms with Gasteiger partial charge in [-0.2, -0.15) is 0 Å². The number of aromatic nitrogens is 1. The molecule has 0 aliphatic heterocycles. The van der Waals surface area contributed by atoms with Crippen LogP contribution in [0.1, 0.15) is 11.7 Å². The lowest BCUT2D eigenvalue weighted by Crippen LogP contribution is -2.03. The number of carbonyl (C=O) groups is 1. The minimum atomic E-state index is -0.485. The standard InChI is InChI=1S/C15H11NO4/c1-10-16-13-9-12(4-6-14(13)19-10)20-15(17)7-5-11-3-2-8-18-11/h2-9H,1H3/b7-5+. The number of fused-ring (bicyclic) bond motifs is 1. The fraction of sp³-hybridized carbons (Fsp3) is 0.0667. The van der Waals surface area contributed by atoms with Crippen LogP contribution >= 0.6 is 0 Å². The van der Waals surface area contributed by atoms with Gasteiger partial charge in [-0.25, -0.2) is 9.78 Å². The van der Waals surface area contributed by atoms with Gasteiger partial charge < -0.3 is 13.6 Å². The topological polar surface area (TPSA) is 65.5 Å². The van der Waals surface area contributed by atoms with E-state index >= 15 is 0 Å². The van der Waals surface area contributed by atoms with Gasteiger partial charge in [-0.3, -0.25) is 0 Å². The molecule has 0 radical (unpaired) electrons. The second kappa shape index (κ2) is 5.05. The highest BCUT2D eigenvalue weighted by atomic mass is 16.5. The van der Waals surface area contributed by atoms with Crippen molar-refractivity contribution < 1.29 is 18.4 Å². The molecule has 100 valence electrons. The Labute approximate surface area is 114 Å². The lowest BCUT2D eigenvalue weighted by atomic mass is 10.3. The predicted octanol–water partition coefficient (Wildman–Crippen LogP) is 3.35. The zero-order valence-electron chi connectivity index (χ0n) is 10.7. The highest BCUT2D eigenvalue weighted by Gasteiger charge is 2.06. The number of oxazole rings is 1. The van der Waals surface area contributed by atoms with Gasteiger partial charge >= 0.3 is 5.97 Å². The second-order valence-electron chi connectivity index (χ2n) is 4.13. The summed E-state index contributed by atoms with van der Waals surface area (Å²) in [4.78, 5) is 15.8. The van der Waals surface area contributed by atoms with E-state index in [2.05, 4.69) is 4.98 Å². The molecule has 0 saturated heterocycles. The SMILES string of the molecule is Cc1nc2cc(OC(=O)/C=C/c3ccco3)ccc2o1. The maximum atomic E-state index is 11.7. The average molecular weight is 269 g/mol. The smallest absolute Gasteiger partial charge is 0.336 e. The van der Waals surface area contributed by atoms with Crippen molar-refractivity contribution >= 4 is 23.1 Å². The summed E-state index contributed by atoms with van der Waals surface area (Å²) in [6, 6.07) is 8.52. The quantitative estimate of drug-likeness (QED) is 0.414. The molecule has 0 atom stereocenters. The van der Waals surface area contributed by atoms with Crippen molar-refractivity contribution in [3.8, 4) is 5.75 Å². The first-order valence-corrected chi connectivity index (χ1v) is 6.01. The van der Waals surface area contributed by atoms with Crippen molar-refractivity contribution in [3.05, 3.63) is 54.3 Å². The van der Waals surface area contributed by atoms with Gasteiger partial charge in [0.25, 0.3) is 0 Å². The van der Waals surface area contributed by atoms with Gasteiger partial charge in [-0.15, -0.1) is 0 Å². The fourth-order valence-corrected chi connectivity index (χ4v) is 1.77. The first-order chi connectivity index (χ1) is 9.70. The summed E-state index contributed by atoms with van der Waals surface area (Å²) in [6.07, 6.45) is 4.38. The Balaban J connectivity index is 1.73. The summed E-state index contributed by atoms with van der Waals surface area (Å²) in [5.41, 5.74) is 1.32. The highest BCUT2D eigenvalue weighted by Crippen LogP contribution is 2.21. The van der Waals surface area contributed by atoms with Crippen molar-refractivity contribution in [1.82, 2.24) is 4.98 Å². The van der Waals surface area contributed by atoms with Gasteiger partial charge in [0.05, 0.1) is 6.26 Å². The van der Waals surface area contributed by atoms with Gasteiger partial charge in [0.2, 0.25) is 0 Å². The maximum absolute atomic E-state index is 11.7. The molecule has 1 aromatic carbocycles. The number of aryl methyl sites for hydroxylation is 1. The molecule has 2 heterocycles. The largest absolute Gasteiger partial charge is 0.465 e. The van der Waals surface area contributed by atoms with Crippen molar-refractivity contribution in [2.75, 3.05) is 0 Å². The first kappa shape index (κ1) is 12.2. The Morgan fingerprint density at radius 3 is 3.05 bits per heavy atom. The summed E-state index contributed by atoms with van der Waals surface area (Å²) in [5, 5.41) is 0. The van der Waals surface area contributed by atoms with E-state index in [4.69, 9.17) is 13.6 Å². The highest BCUT2D eigenvalue weighted by molar-refractivity contribution is 5.88. The van der Waals surface area contributed by atoms with Crippen molar-refractivity contribution in [3.63, 3.8) is 0 Å². The maximum Gasteiger partial charge on any atom is 0.336 e. The average Bonchev–Trinajstić information content (AvgIpc) is 3.04. The molecule has 0 N–H and O–H groups in total. The molecule has 3 rings (SSSR count). The number of hydrogen-bond donors (Lipinski definition) is 0. The fourth-order valence-electron chi connectivity index (χ4n) is 1.77. The molecule has 3 aromatic rings. The van der Waals surface area contributed by atoms with E-state index in [0.29, 0.717) is 28.5 Å². The number of hydrogen-bond acceptors (Lipinski definition) is 5. The normalized spacial score (nSPS) is 11.2. The molecular weight excluding hydrogens is 258 g/mol. The third kappa shape index (κ3) is 2.61. The predicted molar refractivity (Wildman–Crippen MR) is 72.1 cm³/mol. The molecule has 0 saturated carbocycles. The molecule has 0 bridgehead atoms. The molecule has 20 heavy (non-hydrogen) atoms. The molecule has 0 fully saturated rings. The molecule has 0 aliphatic carbocycles. The Bertz CT molecular complexity index is 768. The van der Waals surface area contributed by atoms with E-state index in [9.17, 15) is 4.79 Å². The molecule has 2 aromatic heterocycles. The minimum Gasteiger partial charge on any atom is -0.465 e. The van der Waals surface area contributed by atoms with Crippen LogP contribution in [0.4, 0.5) is 0 Å². The van der Waals surface area contributed by atoms with Crippen LogP contribution in [0.2, 0.25) is 0 Å². The van der Waals surface area contributed by atoms with E-state index in [1.807, 2.05) is 0 Å². The summed E-state index contributed by atoms with van der Waals surface area (Å²) in [5.74, 6) is 1.09. The number of carbonyl (C=O) groups excluding carboxylic acids is 1. The van der Waals surface area contributed by atoms with Crippen molar-refractivity contribution in [1.29, 1.82) is 0 Å². The van der Waals surface area contributed by atoms with Gasteiger partial charge in [0.15, 0.2) is 11.5 Å². The van der Waals surface area contributed by atoms with E-state index < -0.39 is 5.97 Å². The summed E-state index contributed by atoms with van der Waals surface area (Å²) in [6.45, 7) is 1.76. The molecule has 0 spiro atoms. The number of furan rings is 1. The minimum absolute atomic E-state index is 0.417. The van der Waals surface area contributed by atoms with Gasteiger partial charge in [-0.1, -0.05) is 0 Å². The molecule has 0 amide bonds. The number of esters is 1. The Hall–Kier alpha value is -2.82. The number of ether oxygens (including phenoxy) is 1. The Morgan fingerprint density at radius 1 is 1.35 bits per heavy atom. The van der Waals surface area contributed by atoms with E-state index in [1.54, 1.807) is 43.3 Å².